The van der Waals surface area contributed by atoms with Gasteiger partial charge in [0.15, 0.2) is 6.10 Å². The topological polar surface area (TPSA) is 108 Å². The zero-order valence-electron chi connectivity index (χ0n) is 50.9. The smallest absolute Gasteiger partial charge is 0.462 e. The number of hydrogen-bond donors (Lipinski definition) is 1. The van der Waals surface area contributed by atoms with Gasteiger partial charge in [0, 0.05) is 12.8 Å². The fraction of sp³-hybridized carbons (Fsp3) is 0.706. The summed E-state index contributed by atoms with van der Waals surface area (Å²) in [5.74, 6) is -0.806. The first-order valence-electron chi connectivity index (χ1n) is 31.6. The Balaban J connectivity index is 3.97. The highest BCUT2D eigenvalue weighted by Gasteiger charge is 2.27. The molecule has 0 saturated heterocycles. The predicted octanol–water partition coefficient (Wildman–Crippen LogP) is 20.2. The van der Waals surface area contributed by atoms with Gasteiger partial charge in [-0.3, -0.25) is 18.6 Å². The number of phosphoric acid groups is 1. The molecule has 1 N–H and O–H groups in total. The average molecular weight is 1110 g/mol. The lowest BCUT2D eigenvalue weighted by Gasteiger charge is -2.24. The van der Waals surface area contributed by atoms with E-state index in [1.54, 1.807) is 0 Å². The zero-order chi connectivity index (χ0) is 57.0. The highest BCUT2D eigenvalue weighted by atomic mass is 31.2. The number of nitrogens with zero attached hydrogens (tertiary/aromatic N) is 1. The van der Waals surface area contributed by atoms with Gasteiger partial charge in [-0.1, -0.05) is 252 Å². The summed E-state index contributed by atoms with van der Waals surface area (Å²) in [5, 5.41) is 0. The number of esters is 2. The number of carbonyl (C=O) groups excluding carboxylic acids is 2. The standard InChI is InChI=1S/C68H118NO8P/c1-6-8-10-12-14-16-18-20-21-22-23-24-25-26-27-28-29-30-31-32-33-34-35-36-37-38-39-40-41-42-43-44-45-46-47-49-51-53-55-57-59-61-68(71)77-66(65-76-78(72,73)75-63-62-69(3,4)5)64-74-67(70)60-58-56-54-52-50-48-19-17-15-13-11-9-7-2/h8,10,14,16-17,19-21,23-24,26-27,29-30,32-33,35-36,66H,6-7,9,11-13,15,18,22,25,28,31,34,37-65H2,1-5H3/p+1/b10-8-,16-14-,19-17-,21-20-,24-23-,27-26-,30-29-,33-32-,36-35-. The Kier molecular flexibility index (Phi) is 55.8. The maximum absolute atomic E-state index is 12.8. The highest BCUT2D eigenvalue weighted by Crippen LogP contribution is 2.43. The van der Waals surface area contributed by atoms with E-state index in [9.17, 15) is 19.0 Å². The maximum atomic E-state index is 12.8. The van der Waals surface area contributed by atoms with Gasteiger partial charge < -0.3 is 18.9 Å². The molecule has 2 atom stereocenters. The van der Waals surface area contributed by atoms with E-state index < -0.39 is 26.5 Å². The lowest BCUT2D eigenvalue weighted by Crippen LogP contribution is -2.37. The fourth-order valence-electron chi connectivity index (χ4n) is 8.44. The van der Waals surface area contributed by atoms with Crippen LogP contribution in [0.15, 0.2) is 109 Å². The summed E-state index contributed by atoms with van der Waals surface area (Å²) in [6, 6.07) is 0. The van der Waals surface area contributed by atoms with Crippen LogP contribution < -0.4 is 0 Å². The van der Waals surface area contributed by atoms with Crippen LogP contribution in [0, 0.1) is 0 Å². The van der Waals surface area contributed by atoms with Crippen molar-refractivity contribution >= 4 is 19.8 Å². The first-order valence-corrected chi connectivity index (χ1v) is 33.1. The molecule has 0 aliphatic heterocycles. The van der Waals surface area contributed by atoms with Crippen LogP contribution in [-0.2, 0) is 32.7 Å². The zero-order valence-corrected chi connectivity index (χ0v) is 51.8. The molecule has 0 fully saturated rings. The van der Waals surface area contributed by atoms with E-state index >= 15 is 0 Å². The molecule has 0 aliphatic carbocycles. The van der Waals surface area contributed by atoms with Crippen molar-refractivity contribution in [3.63, 3.8) is 0 Å². The summed E-state index contributed by atoms with van der Waals surface area (Å²) in [7, 11) is 1.47. The van der Waals surface area contributed by atoms with Gasteiger partial charge >= 0.3 is 19.8 Å². The third-order valence-corrected chi connectivity index (χ3v) is 14.3. The van der Waals surface area contributed by atoms with E-state index in [2.05, 4.69) is 123 Å². The van der Waals surface area contributed by atoms with Crippen LogP contribution >= 0.6 is 7.82 Å². The number of allylic oxidation sites excluding steroid dienone is 18. The number of rotatable bonds is 57. The second kappa shape index (κ2) is 58.3. The molecule has 0 aliphatic rings. The van der Waals surface area contributed by atoms with Crippen LogP contribution in [-0.4, -0.2) is 74.9 Å². The molecule has 0 heterocycles. The van der Waals surface area contributed by atoms with Crippen LogP contribution in [0.3, 0.4) is 0 Å². The molecular formula is C68H119NO8P+. The Labute approximate surface area is 480 Å². The third kappa shape index (κ3) is 61.9. The molecular weight excluding hydrogens is 990 g/mol. The van der Waals surface area contributed by atoms with Crippen molar-refractivity contribution in [1.29, 1.82) is 0 Å². The summed E-state index contributed by atoms with van der Waals surface area (Å²) in [6.07, 6.45) is 81.9. The lowest BCUT2D eigenvalue weighted by atomic mass is 10.0. The molecule has 0 saturated carbocycles. The summed E-state index contributed by atoms with van der Waals surface area (Å²) < 4.78 is 34.5. The molecule has 448 valence electrons. The Hall–Kier alpha value is -3.33. The number of unbranched alkanes of at least 4 members (excludes halogenated alkanes) is 25. The molecule has 0 aromatic rings. The molecule has 2 unspecified atom stereocenters. The summed E-state index contributed by atoms with van der Waals surface area (Å²) in [4.78, 5) is 35.6. The van der Waals surface area contributed by atoms with E-state index in [0.717, 1.165) is 109 Å². The van der Waals surface area contributed by atoms with Crippen molar-refractivity contribution in [3.05, 3.63) is 109 Å². The average Bonchev–Trinajstić information content (AvgIpc) is 3.40. The molecule has 0 radical (unpaired) electrons. The maximum Gasteiger partial charge on any atom is 0.472 e. The summed E-state index contributed by atoms with van der Waals surface area (Å²) in [5.41, 5.74) is 0. The number of likely N-dealkylation sites (N-methyl/N-ethyl adjacent to an activating group) is 1. The highest BCUT2D eigenvalue weighted by molar-refractivity contribution is 7.47. The molecule has 0 rings (SSSR count). The van der Waals surface area contributed by atoms with Crippen molar-refractivity contribution < 1.29 is 42.1 Å². The molecule has 0 spiro atoms. The lowest BCUT2D eigenvalue weighted by molar-refractivity contribution is -0.870. The van der Waals surface area contributed by atoms with Gasteiger partial charge in [-0.05, 0) is 103 Å². The van der Waals surface area contributed by atoms with Gasteiger partial charge in [0.05, 0.1) is 27.7 Å². The minimum atomic E-state index is -4.39. The first-order chi connectivity index (χ1) is 38.0. The molecule has 0 amide bonds. The van der Waals surface area contributed by atoms with Crippen LogP contribution in [0.4, 0.5) is 0 Å². The second-order valence-electron chi connectivity index (χ2n) is 22.1. The SMILES string of the molecule is CC/C=C\C/C=C\C/C=C\C/C=C\C/C=C\C/C=C\C/C=C\C/C=C\CCCCCCCCCCCCCCCCCCC(=O)OC(COC(=O)CCCCCCC/C=C\CCCCCC)COP(=O)(O)OCC[N+](C)(C)C. The van der Waals surface area contributed by atoms with Crippen LogP contribution in [0.5, 0.6) is 0 Å². The number of phosphoric ester groups is 1. The number of carbonyl (C=O) groups is 2. The van der Waals surface area contributed by atoms with E-state index in [0.29, 0.717) is 17.4 Å². The van der Waals surface area contributed by atoms with Crippen molar-refractivity contribution in [1.82, 2.24) is 0 Å². The van der Waals surface area contributed by atoms with Crippen molar-refractivity contribution in [2.45, 2.75) is 264 Å². The fourth-order valence-corrected chi connectivity index (χ4v) is 9.18. The van der Waals surface area contributed by atoms with Gasteiger partial charge in [0.25, 0.3) is 0 Å². The normalized spacial score (nSPS) is 14.0. The summed E-state index contributed by atoms with van der Waals surface area (Å²) >= 11 is 0. The quantitative estimate of drug-likeness (QED) is 0.0211. The molecule has 0 bridgehead atoms. The minimum Gasteiger partial charge on any atom is -0.462 e. The van der Waals surface area contributed by atoms with Gasteiger partial charge in [-0.2, -0.15) is 0 Å². The van der Waals surface area contributed by atoms with Crippen molar-refractivity contribution in [2.75, 3.05) is 47.5 Å². The second-order valence-corrected chi connectivity index (χ2v) is 23.5. The van der Waals surface area contributed by atoms with Gasteiger partial charge in [-0.15, -0.1) is 0 Å². The molecule has 0 aromatic heterocycles. The predicted molar refractivity (Wildman–Crippen MR) is 335 cm³/mol. The first kappa shape index (κ1) is 74.7. The van der Waals surface area contributed by atoms with E-state index in [4.69, 9.17) is 18.5 Å². The van der Waals surface area contributed by atoms with E-state index in [1.807, 2.05) is 21.1 Å². The Bertz CT molecular complexity index is 1680. The van der Waals surface area contributed by atoms with Crippen LogP contribution in [0.2, 0.25) is 0 Å². The van der Waals surface area contributed by atoms with Crippen LogP contribution in [0.1, 0.15) is 258 Å². The minimum absolute atomic E-state index is 0.0279. The van der Waals surface area contributed by atoms with E-state index in [1.165, 1.54) is 116 Å². The molecule has 10 heteroatoms. The van der Waals surface area contributed by atoms with Gasteiger partial charge in [0.2, 0.25) is 0 Å². The number of ether oxygens (including phenoxy) is 2. The van der Waals surface area contributed by atoms with Gasteiger partial charge in [-0.25, -0.2) is 4.57 Å². The van der Waals surface area contributed by atoms with Gasteiger partial charge in [0.1, 0.15) is 19.8 Å². The summed E-state index contributed by atoms with van der Waals surface area (Å²) in [6.45, 7) is 4.29. The van der Waals surface area contributed by atoms with Crippen LogP contribution in [0.25, 0.3) is 0 Å². The Morgan fingerprint density at radius 1 is 0.410 bits per heavy atom. The van der Waals surface area contributed by atoms with Crippen molar-refractivity contribution in [3.8, 4) is 0 Å². The Morgan fingerprint density at radius 3 is 1.10 bits per heavy atom. The Morgan fingerprint density at radius 2 is 0.731 bits per heavy atom. The third-order valence-electron chi connectivity index (χ3n) is 13.3. The largest absolute Gasteiger partial charge is 0.472 e. The molecule has 0 aromatic carbocycles. The van der Waals surface area contributed by atoms with E-state index in [-0.39, 0.29) is 32.0 Å². The number of hydrogen-bond acceptors (Lipinski definition) is 7. The van der Waals surface area contributed by atoms with Crippen molar-refractivity contribution in [2.24, 2.45) is 0 Å². The molecule has 78 heavy (non-hydrogen) atoms. The monoisotopic (exact) mass is 1110 g/mol. The number of quaternary nitrogens is 1. The molecule has 9 nitrogen and oxygen atoms in total.